The zero-order chi connectivity index (χ0) is 12.6. The Morgan fingerprint density at radius 2 is 2.12 bits per heavy atom. The number of benzene rings is 1. The van der Waals surface area contributed by atoms with Gasteiger partial charge in [0, 0.05) is 11.1 Å². The van der Waals surface area contributed by atoms with Crippen molar-refractivity contribution in [2.24, 2.45) is 0 Å². The van der Waals surface area contributed by atoms with E-state index in [0.29, 0.717) is 16.5 Å². The molecule has 7 nitrogen and oxygen atoms in total. The first kappa shape index (κ1) is 10.9. The van der Waals surface area contributed by atoms with E-state index in [9.17, 15) is 9.59 Å². The highest BCUT2D eigenvalue weighted by atomic mass is 16.4. The van der Waals surface area contributed by atoms with E-state index < -0.39 is 11.7 Å². The molecule has 1 aromatic heterocycles. The summed E-state index contributed by atoms with van der Waals surface area (Å²) in [5.41, 5.74) is 11.8. The standard InChI is InChI=1S/C10H10N4O3/c11-6-3-7-5(1-4(6)2-8(15)16)9(12)14-10(17)13-7/h1,3H,2,11H2,(H,15,16)(H3,12,13,14,17). The number of nitrogens with one attached hydrogen (secondary N) is 1. The quantitative estimate of drug-likeness (QED) is 0.527. The Bertz CT molecular complexity index is 662. The predicted molar refractivity (Wildman–Crippen MR) is 62.5 cm³/mol. The number of fused-ring (bicyclic) bond motifs is 1. The number of hydrogen-bond acceptors (Lipinski definition) is 5. The van der Waals surface area contributed by atoms with Gasteiger partial charge in [0.15, 0.2) is 0 Å². The number of nitrogens with two attached hydrogens (primary N) is 2. The molecular weight excluding hydrogens is 224 g/mol. The summed E-state index contributed by atoms with van der Waals surface area (Å²) in [7, 11) is 0. The van der Waals surface area contributed by atoms with E-state index >= 15 is 0 Å². The molecule has 1 aromatic carbocycles. The molecule has 0 saturated heterocycles. The topological polar surface area (TPSA) is 135 Å². The number of aliphatic carboxylic acids is 1. The van der Waals surface area contributed by atoms with Crippen molar-refractivity contribution in [3.05, 3.63) is 28.2 Å². The second kappa shape index (κ2) is 3.78. The van der Waals surface area contributed by atoms with Gasteiger partial charge >= 0.3 is 11.7 Å². The number of aromatic amines is 1. The Kier molecular flexibility index (Phi) is 2.43. The summed E-state index contributed by atoms with van der Waals surface area (Å²) >= 11 is 0. The summed E-state index contributed by atoms with van der Waals surface area (Å²) in [6, 6.07) is 2.97. The predicted octanol–water partition coefficient (Wildman–Crippen LogP) is -0.285. The number of carboxylic acids is 1. The highest BCUT2D eigenvalue weighted by molar-refractivity contribution is 5.92. The van der Waals surface area contributed by atoms with Gasteiger partial charge in [0.2, 0.25) is 0 Å². The van der Waals surface area contributed by atoms with Gasteiger partial charge in [0.25, 0.3) is 0 Å². The molecule has 0 atom stereocenters. The molecule has 7 heteroatoms. The number of carboxylic acid groups (broad SMARTS) is 1. The van der Waals surface area contributed by atoms with Crippen LogP contribution in [-0.4, -0.2) is 21.0 Å². The van der Waals surface area contributed by atoms with Gasteiger partial charge in [-0.15, -0.1) is 0 Å². The zero-order valence-corrected chi connectivity index (χ0v) is 8.73. The molecule has 2 aromatic rings. The lowest BCUT2D eigenvalue weighted by Gasteiger charge is -2.06. The molecule has 0 spiro atoms. The summed E-state index contributed by atoms with van der Waals surface area (Å²) < 4.78 is 0. The van der Waals surface area contributed by atoms with Crippen LogP contribution in [0.2, 0.25) is 0 Å². The molecule has 0 radical (unpaired) electrons. The van der Waals surface area contributed by atoms with Gasteiger partial charge in [-0.05, 0) is 17.7 Å². The second-order valence-electron chi connectivity index (χ2n) is 3.59. The monoisotopic (exact) mass is 234 g/mol. The van der Waals surface area contributed by atoms with Crippen LogP contribution in [0.1, 0.15) is 5.56 Å². The highest BCUT2D eigenvalue weighted by Crippen LogP contribution is 2.22. The number of nitrogens with zero attached hydrogens (tertiary/aromatic N) is 1. The lowest BCUT2D eigenvalue weighted by molar-refractivity contribution is -0.136. The number of anilines is 2. The van der Waals surface area contributed by atoms with E-state index in [1.165, 1.54) is 12.1 Å². The van der Waals surface area contributed by atoms with Gasteiger partial charge in [-0.3, -0.25) is 9.78 Å². The van der Waals surface area contributed by atoms with Crippen molar-refractivity contribution in [2.75, 3.05) is 11.5 Å². The van der Waals surface area contributed by atoms with Crippen molar-refractivity contribution in [1.82, 2.24) is 9.97 Å². The molecule has 0 aliphatic carbocycles. The van der Waals surface area contributed by atoms with E-state index in [4.69, 9.17) is 16.6 Å². The van der Waals surface area contributed by atoms with Crippen LogP contribution < -0.4 is 17.2 Å². The van der Waals surface area contributed by atoms with Gasteiger partial charge < -0.3 is 16.6 Å². The molecule has 0 aliphatic rings. The van der Waals surface area contributed by atoms with Crippen LogP contribution >= 0.6 is 0 Å². The third-order valence-corrected chi connectivity index (χ3v) is 2.35. The van der Waals surface area contributed by atoms with Crippen molar-refractivity contribution in [2.45, 2.75) is 6.42 Å². The van der Waals surface area contributed by atoms with Crippen LogP contribution in [0.4, 0.5) is 11.5 Å². The van der Waals surface area contributed by atoms with Crippen LogP contribution in [-0.2, 0) is 11.2 Å². The number of hydrogen-bond donors (Lipinski definition) is 4. The average molecular weight is 234 g/mol. The van der Waals surface area contributed by atoms with Crippen molar-refractivity contribution < 1.29 is 9.90 Å². The molecule has 0 amide bonds. The third-order valence-electron chi connectivity index (χ3n) is 2.35. The minimum atomic E-state index is -0.994. The molecule has 0 aliphatic heterocycles. The van der Waals surface area contributed by atoms with Crippen molar-refractivity contribution in [1.29, 1.82) is 0 Å². The molecule has 1 heterocycles. The van der Waals surface area contributed by atoms with Crippen molar-refractivity contribution in [3.8, 4) is 0 Å². The Balaban J connectivity index is 2.71. The van der Waals surface area contributed by atoms with E-state index in [2.05, 4.69) is 9.97 Å². The summed E-state index contributed by atoms with van der Waals surface area (Å²) in [5, 5.41) is 9.20. The van der Waals surface area contributed by atoms with Crippen LogP contribution in [0.25, 0.3) is 10.9 Å². The first-order chi connectivity index (χ1) is 7.97. The summed E-state index contributed by atoms with van der Waals surface area (Å²) in [4.78, 5) is 27.8. The number of nitrogen functional groups attached to an aromatic ring is 2. The molecule has 0 saturated carbocycles. The SMILES string of the molecule is Nc1cc2nc(=O)[nH]c(N)c2cc1CC(=O)O. The van der Waals surface area contributed by atoms with E-state index in [1.807, 2.05) is 0 Å². The Morgan fingerprint density at radius 1 is 1.41 bits per heavy atom. The van der Waals surface area contributed by atoms with Crippen LogP contribution in [0.3, 0.4) is 0 Å². The number of aromatic nitrogens is 2. The fourth-order valence-corrected chi connectivity index (χ4v) is 1.59. The molecule has 0 bridgehead atoms. The molecule has 17 heavy (non-hydrogen) atoms. The lowest BCUT2D eigenvalue weighted by atomic mass is 10.1. The minimum absolute atomic E-state index is 0.145. The summed E-state index contributed by atoms with van der Waals surface area (Å²) in [5.74, 6) is -0.848. The number of H-pyrrole nitrogens is 1. The van der Waals surface area contributed by atoms with Gasteiger partial charge in [0.05, 0.1) is 11.9 Å². The fraction of sp³-hybridized carbons (Fsp3) is 0.100. The largest absolute Gasteiger partial charge is 0.481 e. The van der Waals surface area contributed by atoms with Crippen molar-refractivity contribution >= 4 is 28.4 Å². The normalized spacial score (nSPS) is 10.6. The van der Waals surface area contributed by atoms with Crippen LogP contribution in [0, 0.1) is 0 Å². The fourth-order valence-electron chi connectivity index (χ4n) is 1.59. The Hall–Kier alpha value is -2.57. The third kappa shape index (κ3) is 2.03. The van der Waals surface area contributed by atoms with Crippen molar-refractivity contribution in [3.63, 3.8) is 0 Å². The maximum absolute atomic E-state index is 11.1. The molecule has 6 N–H and O–H groups in total. The Labute approximate surface area is 95.1 Å². The second-order valence-corrected chi connectivity index (χ2v) is 3.59. The van der Waals surface area contributed by atoms with Crippen LogP contribution in [0.15, 0.2) is 16.9 Å². The first-order valence-electron chi connectivity index (χ1n) is 4.77. The maximum Gasteiger partial charge on any atom is 0.347 e. The van der Waals surface area contributed by atoms with Crippen LogP contribution in [0.5, 0.6) is 0 Å². The number of rotatable bonds is 2. The zero-order valence-electron chi connectivity index (χ0n) is 8.73. The average Bonchev–Trinajstić information content (AvgIpc) is 2.19. The number of carbonyl (C=O) groups is 1. The van der Waals surface area contributed by atoms with Gasteiger partial charge in [-0.1, -0.05) is 0 Å². The lowest BCUT2D eigenvalue weighted by Crippen LogP contribution is -2.13. The van der Waals surface area contributed by atoms with E-state index in [-0.39, 0.29) is 17.9 Å². The highest BCUT2D eigenvalue weighted by Gasteiger charge is 2.09. The Morgan fingerprint density at radius 3 is 2.76 bits per heavy atom. The van der Waals surface area contributed by atoms with E-state index in [1.54, 1.807) is 0 Å². The van der Waals surface area contributed by atoms with Gasteiger partial charge in [-0.25, -0.2) is 4.79 Å². The first-order valence-corrected chi connectivity index (χ1v) is 4.77. The van der Waals surface area contributed by atoms with Gasteiger partial charge in [0.1, 0.15) is 5.82 Å². The summed E-state index contributed by atoms with van der Waals surface area (Å²) in [6.45, 7) is 0. The maximum atomic E-state index is 11.1. The molecule has 2 rings (SSSR count). The molecule has 0 unspecified atom stereocenters. The van der Waals surface area contributed by atoms with E-state index in [0.717, 1.165) is 0 Å². The summed E-state index contributed by atoms with van der Waals surface area (Å²) in [6.07, 6.45) is -0.208. The minimum Gasteiger partial charge on any atom is -0.481 e. The molecular formula is C10H10N4O3. The molecule has 0 fully saturated rings. The smallest absolute Gasteiger partial charge is 0.347 e. The molecule has 88 valence electrons. The van der Waals surface area contributed by atoms with Gasteiger partial charge in [-0.2, -0.15) is 4.98 Å².